The highest BCUT2D eigenvalue weighted by Gasteiger charge is 2.18. The Labute approximate surface area is 133 Å². The molecule has 0 bridgehead atoms. The summed E-state index contributed by atoms with van der Waals surface area (Å²) < 4.78 is 1.63. The van der Waals surface area contributed by atoms with E-state index in [9.17, 15) is 9.90 Å². The monoisotopic (exact) mass is 308 g/mol. The normalized spacial score (nSPS) is 11.4. The van der Waals surface area contributed by atoms with Crippen LogP contribution in [-0.4, -0.2) is 20.5 Å². The van der Waals surface area contributed by atoms with E-state index in [1.54, 1.807) is 10.6 Å². The topological polar surface area (TPSA) is 79.3 Å². The van der Waals surface area contributed by atoms with Crippen LogP contribution in [-0.2, 0) is 0 Å². The molecule has 6 heteroatoms. The maximum absolute atomic E-state index is 11.4. The lowest BCUT2D eigenvalue weighted by Crippen LogP contribution is -1.96. The van der Waals surface area contributed by atoms with Crippen LogP contribution in [0.4, 0.5) is 11.5 Å². The molecule has 2 aromatic heterocycles. The Morgan fingerprint density at radius 3 is 2.52 bits per heavy atom. The van der Waals surface area contributed by atoms with Gasteiger partial charge in [0.1, 0.15) is 5.65 Å². The number of nitrogens with zero attached hydrogens (tertiary/aromatic N) is 4. The molecular weight excluding hydrogens is 292 g/mol. The third-order valence-corrected chi connectivity index (χ3v) is 3.56. The van der Waals surface area contributed by atoms with E-state index in [4.69, 9.17) is 0 Å². The molecule has 0 amide bonds. The molecule has 3 rings (SSSR count). The largest absolute Gasteiger partial charge is 0.476 e. The minimum absolute atomic E-state index is 0.107. The number of azo groups is 1. The number of fused-ring (bicyclic) bond motifs is 1. The third-order valence-electron chi connectivity index (χ3n) is 3.56. The van der Waals surface area contributed by atoms with E-state index < -0.39 is 5.97 Å². The van der Waals surface area contributed by atoms with Gasteiger partial charge in [-0.3, -0.25) is 4.40 Å². The van der Waals surface area contributed by atoms with E-state index >= 15 is 0 Å². The number of carboxylic acids is 1. The molecule has 0 unspecified atom stereocenters. The third kappa shape index (κ3) is 2.83. The fraction of sp³-hybridized carbons (Fsp3) is 0.176. The van der Waals surface area contributed by atoms with E-state index in [0.717, 1.165) is 16.7 Å². The van der Waals surface area contributed by atoms with Gasteiger partial charge < -0.3 is 5.11 Å². The lowest BCUT2D eigenvalue weighted by atomic mass is 10.1. The van der Waals surface area contributed by atoms with Crippen LogP contribution in [0.2, 0.25) is 0 Å². The summed E-state index contributed by atoms with van der Waals surface area (Å²) in [5.41, 5.74) is 4.25. The molecular formula is C17H16N4O2. The van der Waals surface area contributed by atoms with Crippen LogP contribution in [0.5, 0.6) is 0 Å². The van der Waals surface area contributed by atoms with Gasteiger partial charge in [-0.1, -0.05) is 17.7 Å². The lowest BCUT2D eigenvalue weighted by Gasteiger charge is -2.01. The van der Waals surface area contributed by atoms with Gasteiger partial charge in [-0.25, -0.2) is 9.78 Å². The summed E-state index contributed by atoms with van der Waals surface area (Å²) in [6.45, 7) is 5.87. The van der Waals surface area contributed by atoms with Crippen molar-refractivity contribution in [3.8, 4) is 0 Å². The van der Waals surface area contributed by atoms with Gasteiger partial charge in [-0.2, -0.15) is 0 Å². The minimum atomic E-state index is -1.12. The Kier molecular flexibility index (Phi) is 3.65. The van der Waals surface area contributed by atoms with Crippen molar-refractivity contribution in [2.75, 3.05) is 0 Å². The first kappa shape index (κ1) is 14.9. The van der Waals surface area contributed by atoms with Crippen LogP contribution in [0.3, 0.4) is 0 Å². The van der Waals surface area contributed by atoms with Gasteiger partial charge in [-0.05, 0) is 50.1 Å². The van der Waals surface area contributed by atoms with Crippen molar-refractivity contribution in [1.29, 1.82) is 0 Å². The highest BCUT2D eigenvalue weighted by molar-refractivity contribution is 5.91. The molecule has 0 fully saturated rings. The highest BCUT2D eigenvalue weighted by atomic mass is 16.4. The van der Waals surface area contributed by atoms with E-state index in [2.05, 4.69) is 15.2 Å². The lowest BCUT2D eigenvalue weighted by molar-refractivity contribution is 0.0692. The van der Waals surface area contributed by atoms with Crippen LogP contribution < -0.4 is 0 Å². The predicted octanol–water partition coefficient (Wildman–Crippen LogP) is 4.37. The van der Waals surface area contributed by atoms with Crippen molar-refractivity contribution >= 4 is 23.1 Å². The van der Waals surface area contributed by atoms with Gasteiger partial charge in [0.25, 0.3) is 0 Å². The zero-order valence-corrected chi connectivity index (χ0v) is 13.1. The average Bonchev–Trinajstić information content (AvgIpc) is 2.84. The number of rotatable bonds is 3. The molecule has 1 N–H and O–H groups in total. The van der Waals surface area contributed by atoms with E-state index in [1.807, 2.05) is 51.1 Å². The smallest absolute Gasteiger partial charge is 0.358 e. The molecule has 1 aromatic carbocycles. The van der Waals surface area contributed by atoms with Crippen LogP contribution >= 0.6 is 0 Å². The first-order valence-electron chi connectivity index (χ1n) is 7.16. The van der Waals surface area contributed by atoms with E-state index in [-0.39, 0.29) is 11.5 Å². The second-order valence-corrected chi connectivity index (χ2v) is 5.51. The van der Waals surface area contributed by atoms with E-state index in [0.29, 0.717) is 11.3 Å². The number of hydrogen-bond donors (Lipinski definition) is 1. The molecule has 23 heavy (non-hydrogen) atoms. The summed E-state index contributed by atoms with van der Waals surface area (Å²) in [6, 6.07) is 9.49. The van der Waals surface area contributed by atoms with Gasteiger partial charge in [0.05, 0.1) is 5.69 Å². The van der Waals surface area contributed by atoms with Crippen molar-refractivity contribution in [3.05, 3.63) is 58.9 Å². The summed E-state index contributed by atoms with van der Waals surface area (Å²) >= 11 is 0. The van der Waals surface area contributed by atoms with Gasteiger partial charge >= 0.3 is 5.97 Å². The maximum atomic E-state index is 11.4. The molecule has 0 aliphatic rings. The highest BCUT2D eigenvalue weighted by Crippen LogP contribution is 2.26. The summed E-state index contributed by atoms with van der Waals surface area (Å²) in [7, 11) is 0. The molecule has 116 valence electrons. The minimum Gasteiger partial charge on any atom is -0.476 e. The van der Waals surface area contributed by atoms with Crippen LogP contribution in [0, 0.1) is 20.8 Å². The number of imidazole rings is 1. The average molecular weight is 308 g/mol. The zero-order chi connectivity index (χ0) is 16.6. The number of aryl methyl sites for hydroxylation is 3. The van der Waals surface area contributed by atoms with E-state index in [1.165, 1.54) is 0 Å². The summed E-state index contributed by atoms with van der Waals surface area (Å²) in [5, 5.41) is 17.7. The first-order valence-corrected chi connectivity index (χ1v) is 7.16. The van der Waals surface area contributed by atoms with Crippen molar-refractivity contribution < 1.29 is 9.90 Å². The second kappa shape index (κ2) is 5.64. The molecule has 0 aliphatic heterocycles. The quantitative estimate of drug-likeness (QED) is 0.729. The Morgan fingerprint density at radius 2 is 1.83 bits per heavy atom. The van der Waals surface area contributed by atoms with Gasteiger partial charge in [0.2, 0.25) is 0 Å². The predicted molar refractivity (Wildman–Crippen MR) is 87.0 cm³/mol. The first-order chi connectivity index (χ1) is 11.0. The molecule has 6 nitrogen and oxygen atoms in total. The molecule has 2 heterocycles. The number of carboxylic acid groups (broad SMARTS) is 1. The van der Waals surface area contributed by atoms with Gasteiger partial charge in [0, 0.05) is 6.20 Å². The van der Waals surface area contributed by atoms with Crippen molar-refractivity contribution in [2.24, 2.45) is 10.2 Å². The Balaban J connectivity index is 2.13. The molecule has 0 aliphatic carbocycles. The number of benzene rings is 1. The van der Waals surface area contributed by atoms with Crippen LogP contribution in [0.15, 0.2) is 46.8 Å². The summed E-state index contributed by atoms with van der Waals surface area (Å²) in [4.78, 5) is 15.6. The van der Waals surface area contributed by atoms with Crippen molar-refractivity contribution in [3.63, 3.8) is 0 Å². The molecule has 0 radical (unpaired) electrons. The number of aromatic nitrogens is 2. The molecule has 0 spiro atoms. The van der Waals surface area contributed by atoms with Crippen molar-refractivity contribution in [1.82, 2.24) is 9.38 Å². The fourth-order valence-corrected chi connectivity index (χ4v) is 2.39. The Bertz CT molecular complexity index is 941. The standard InChI is InChI=1S/C17H16N4O2/c1-10-4-5-13(12(3)8-10)19-20-16-15(17(22)23)18-14-9-11(2)6-7-21(14)16/h4-9H,1-3H3,(H,22,23). The van der Waals surface area contributed by atoms with Crippen molar-refractivity contribution in [2.45, 2.75) is 20.8 Å². The number of pyridine rings is 1. The maximum Gasteiger partial charge on any atom is 0.358 e. The van der Waals surface area contributed by atoms with Gasteiger partial charge in [-0.15, -0.1) is 10.2 Å². The zero-order valence-electron chi connectivity index (χ0n) is 13.1. The summed E-state index contributed by atoms with van der Waals surface area (Å²) in [5.74, 6) is -0.909. The number of hydrogen-bond acceptors (Lipinski definition) is 4. The Hall–Kier alpha value is -3.02. The fourth-order valence-electron chi connectivity index (χ4n) is 2.39. The number of carbonyl (C=O) groups is 1. The molecule has 0 atom stereocenters. The second-order valence-electron chi connectivity index (χ2n) is 5.51. The summed E-state index contributed by atoms with van der Waals surface area (Å²) in [6.07, 6.45) is 1.75. The molecule has 0 saturated carbocycles. The Morgan fingerprint density at radius 1 is 1.09 bits per heavy atom. The molecule has 0 saturated heterocycles. The SMILES string of the molecule is Cc1ccc(N=Nc2c(C(=O)O)nc3cc(C)ccn23)c(C)c1. The van der Waals surface area contributed by atoms with Crippen LogP contribution in [0.25, 0.3) is 5.65 Å². The number of aromatic carboxylic acids is 1. The molecule has 3 aromatic rings. The van der Waals surface area contributed by atoms with Crippen LogP contribution in [0.1, 0.15) is 27.2 Å². The van der Waals surface area contributed by atoms with Gasteiger partial charge in [0.15, 0.2) is 11.5 Å².